The minimum atomic E-state index is 0.863. The Hall–Kier alpha value is -0.520. The van der Waals surface area contributed by atoms with E-state index in [4.69, 9.17) is 0 Å². The zero-order chi connectivity index (χ0) is 11.7. The summed E-state index contributed by atoms with van der Waals surface area (Å²) in [7, 11) is 0. The predicted molar refractivity (Wildman–Crippen MR) is 71.1 cm³/mol. The molecule has 0 aliphatic carbocycles. The molecule has 0 heteroatoms. The Balaban J connectivity index is 3.58. The molecule has 0 bridgehead atoms. The van der Waals surface area contributed by atoms with Gasteiger partial charge in [0.05, 0.1) is 0 Å². The number of rotatable bonds is 7. The molecule has 15 heavy (non-hydrogen) atoms. The summed E-state index contributed by atoms with van der Waals surface area (Å²) in [5.41, 5.74) is 2.98. The molecule has 0 spiro atoms. The molecule has 0 nitrogen and oxygen atoms in total. The molecule has 0 saturated carbocycles. The molecule has 88 valence electrons. The van der Waals surface area contributed by atoms with Crippen LogP contribution in [0.25, 0.3) is 0 Å². The van der Waals surface area contributed by atoms with Gasteiger partial charge in [-0.25, -0.2) is 0 Å². The second kappa shape index (κ2) is 8.76. The van der Waals surface area contributed by atoms with Crippen LogP contribution in [-0.2, 0) is 0 Å². The normalized spacial score (nSPS) is 13.8. The van der Waals surface area contributed by atoms with Crippen LogP contribution in [-0.4, -0.2) is 0 Å². The van der Waals surface area contributed by atoms with Crippen molar-refractivity contribution in [3.8, 4) is 0 Å². The highest BCUT2D eigenvalue weighted by atomic mass is 14.0. The van der Waals surface area contributed by atoms with Crippen molar-refractivity contribution in [2.24, 2.45) is 5.92 Å². The summed E-state index contributed by atoms with van der Waals surface area (Å²) >= 11 is 0. The summed E-state index contributed by atoms with van der Waals surface area (Å²) in [6.45, 7) is 11.2. The van der Waals surface area contributed by atoms with Crippen LogP contribution in [0.3, 0.4) is 0 Å². The molecule has 0 aromatic rings. The Labute approximate surface area is 96.5 Å². The van der Waals surface area contributed by atoms with Gasteiger partial charge in [0.1, 0.15) is 0 Å². The Kier molecular flexibility index (Phi) is 8.46. The Morgan fingerprint density at radius 2 is 1.53 bits per heavy atom. The summed E-state index contributed by atoms with van der Waals surface area (Å²) in [6, 6.07) is 0. The van der Waals surface area contributed by atoms with Gasteiger partial charge in [-0.3, -0.25) is 0 Å². The van der Waals surface area contributed by atoms with E-state index < -0.39 is 0 Å². The molecule has 0 aliphatic rings. The van der Waals surface area contributed by atoms with E-state index in [2.05, 4.69) is 46.8 Å². The standard InChI is InChI=1S/C15H28/c1-6-14(4)10-8-12-15(5)11-7-9-13(2)3/h9-10,15H,6-8,11-12H2,1-5H3. The molecule has 0 fully saturated rings. The largest absolute Gasteiger partial charge is 0.0859 e. The molecular formula is C15H28. The maximum atomic E-state index is 2.40. The van der Waals surface area contributed by atoms with Crippen molar-refractivity contribution in [1.82, 2.24) is 0 Å². The zero-order valence-corrected chi connectivity index (χ0v) is 11.3. The van der Waals surface area contributed by atoms with Crippen LogP contribution in [0.15, 0.2) is 23.3 Å². The average Bonchev–Trinajstić information content (AvgIpc) is 2.17. The highest BCUT2D eigenvalue weighted by Crippen LogP contribution is 2.15. The lowest BCUT2D eigenvalue weighted by molar-refractivity contribution is 0.500. The van der Waals surface area contributed by atoms with E-state index in [1.165, 1.54) is 43.3 Å². The lowest BCUT2D eigenvalue weighted by Crippen LogP contribution is -1.93. The fourth-order valence-electron chi connectivity index (χ4n) is 1.56. The first-order valence-corrected chi connectivity index (χ1v) is 6.35. The molecule has 0 rings (SSSR count). The SMILES string of the molecule is CCC(C)=CCCC(C)CCC=C(C)C. The van der Waals surface area contributed by atoms with Crippen molar-refractivity contribution >= 4 is 0 Å². The minimum Gasteiger partial charge on any atom is -0.0859 e. The van der Waals surface area contributed by atoms with Gasteiger partial charge in [-0.05, 0) is 58.8 Å². The van der Waals surface area contributed by atoms with E-state index in [1.807, 2.05) is 0 Å². The third-order valence-electron chi connectivity index (χ3n) is 2.92. The van der Waals surface area contributed by atoms with Gasteiger partial charge in [-0.15, -0.1) is 0 Å². The second-order valence-corrected chi connectivity index (χ2v) is 4.95. The van der Waals surface area contributed by atoms with Crippen LogP contribution in [0, 0.1) is 5.92 Å². The Morgan fingerprint density at radius 1 is 1.00 bits per heavy atom. The van der Waals surface area contributed by atoms with Crippen LogP contribution in [0.2, 0.25) is 0 Å². The maximum Gasteiger partial charge on any atom is -0.0346 e. The molecule has 0 radical (unpaired) electrons. The Bertz CT molecular complexity index is 204. The van der Waals surface area contributed by atoms with Crippen molar-refractivity contribution in [1.29, 1.82) is 0 Å². The van der Waals surface area contributed by atoms with E-state index in [0.717, 1.165) is 5.92 Å². The van der Waals surface area contributed by atoms with E-state index >= 15 is 0 Å². The van der Waals surface area contributed by atoms with Crippen molar-refractivity contribution in [2.45, 2.75) is 66.7 Å². The van der Waals surface area contributed by atoms with E-state index in [0.29, 0.717) is 0 Å². The third-order valence-corrected chi connectivity index (χ3v) is 2.92. The second-order valence-electron chi connectivity index (χ2n) is 4.95. The van der Waals surface area contributed by atoms with E-state index in [1.54, 1.807) is 0 Å². The molecular weight excluding hydrogens is 180 g/mol. The van der Waals surface area contributed by atoms with Gasteiger partial charge in [-0.2, -0.15) is 0 Å². The fourth-order valence-corrected chi connectivity index (χ4v) is 1.56. The van der Waals surface area contributed by atoms with Crippen LogP contribution < -0.4 is 0 Å². The highest BCUT2D eigenvalue weighted by Gasteiger charge is 1.99. The molecule has 0 N–H and O–H groups in total. The monoisotopic (exact) mass is 208 g/mol. The average molecular weight is 208 g/mol. The van der Waals surface area contributed by atoms with Crippen LogP contribution in [0.4, 0.5) is 0 Å². The first-order valence-electron chi connectivity index (χ1n) is 6.35. The van der Waals surface area contributed by atoms with E-state index in [9.17, 15) is 0 Å². The summed E-state index contributed by atoms with van der Waals surface area (Å²) in [5.74, 6) is 0.863. The number of hydrogen-bond donors (Lipinski definition) is 0. The van der Waals surface area contributed by atoms with Gasteiger partial charge >= 0.3 is 0 Å². The fraction of sp³-hybridized carbons (Fsp3) is 0.733. The quantitative estimate of drug-likeness (QED) is 0.484. The van der Waals surface area contributed by atoms with Crippen LogP contribution >= 0.6 is 0 Å². The molecule has 0 aromatic carbocycles. The van der Waals surface area contributed by atoms with Gasteiger partial charge < -0.3 is 0 Å². The van der Waals surface area contributed by atoms with Crippen LogP contribution in [0.5, 0.6) is 0 Å². The van der Waals surface area contributed by atoms with Crippen molar-refractivity contribution < 1.29 is 0 Å². The van der Waals surface area contributed by atoms with Gasteiger partial charge in [-0.1, -0.05) is 37.1 Å². The van der Waals surface area contributed by atoms with E-state index in [-0.39, 0.29) is 0 Å². The first kappa shape index (κ1) is 14.5. The van der Waals surface area contributed by atoms with Gasteiger partial charge in [0.15, 0.2) is 0 Å². The molecule has 0 aromatic heterocycles. The Morgan fingerprint density at radius 3 is 2.00 bits per heavy atom. The third kappa shape index (κ3) is 9.78. The molecule has 0 saturated heterocycles. The molecule has 0 aliphatic heterocycles. The molecule has 1 atom stereocenters. The summed E-state index contributed by atoms with van der Waals surface area (Å²) in [6.07, 6.45) is 11.1. The first-order chi connectivity index (χ1) is 7.06. The van der Waals surface area contributed by atoms with Gasteiger partial charge in [0.25, 0.3) is 0 Å². The van der Waals surface area contributed by atoms with Gasteiger partial charge in [0, 0.05) is 0 Å². The predicted octanol–water partition coefficient (Wildman–Crippen LogP) is 5.51. The van der Waals surface area contributed by atoms with Crippen molar-refractivity contribution in [2.75, 3.05) is 0 Å². The maximum absolute atomic E-state index is 2.40. The molecule has 0 heterocycles. The summed E-state index contributed by atoms with van der Waals surface area (Å²) in [4.78, 5) is 0. The zero-order valence-electron chi connectivity index (χ0n) is 11.3. The lowest BCUT2D eigenvalue weighted by Gasteiger charge is -2.08. The number of hydrogen-bond acceptors (Lipinski definition) is 0. The van der Waals surface area contributed by atoms with Crippen molar-refractivity contribution in [3.05, 3.63) is 23.3 Å². The van der Waals surface area contributed by atoms with Gasteiger partial charge in [0.2, 0.25) is 0 Å². The minimum absolute atomic E-state index is 0.863. The lowest BCUT2D eigenvalue weighted by atomic mass is 9.98. The molecule has 0 amide bonds. The number of allylic oxidation sites excluding steroid dienone is 4. The molecule has 1 unspecified atom stereocenters. The van der Waals surface area contributed by atoms with Crippen LogP contribution in [0.1, 0.15) is 66.7 Å². The topological polar surface area (TPSA) is 0 Å². The summed E-state index contributed by atoms with van der Waals surface area (Å²) in [5, 5.41) is 0. The summed E-state index contributed by atoms with van der Waals surface area (Å²) < 4.78 is 0. The highest BCUT2D eigenvalue weighted by molar-refractivity contribution is 4.96. The smallest absolute Gasteiger partial charge is 0.0346 e. The van der Waals surface area contributed by atoms with Crippen molar-refractivity contribution in [3.63, 3.8) is 0 Å².